The highest BCUT2D eigenvalue weighted by atomic mass is 79.9. The highest BCUT2D eigenvalue weighted by Gasteiger charge is 2.33. The van der Waals surface area contributed by atoms with Crippen molar-refractivity contribution < 1.29 is 22.4 Å². The van der Waals surface area contributed by atoms with Gasteiger partial charge in [0.2, 0.25) is 21.8 Å². The van der Waals surface area contributed by atoms with Crippen LogP contribution in [0.5, 0.6) is 0 Å². The number of benzene rings is 3. The minimum absolute atomic E-state index is 0.0182. The number of amides is 2. The van der Waals surface area contributed by atoms with Crippen molar-refractivity contribution in [1.82, 2.24) is 10.2 Å². The largest absolute Gasteiger partial charge is 0.352 e. The topological polar surface area (TPSA) is 86.8 Å². The summed E-state index contributed by atoms with van der Waals surface area (Å²) in [6.45, 7) is 3.10. The fraction of sp³-hybridized carbons (Fsp3) is 0.286. The molecule has 0 unspecified atom stereocenters. The molecule has 3 rings (SSSR count). The van der Waals surface area contributed by atoms with E-state index in [4.69, 9.17) is 0 Å². The van der Waals surface area contributed by atoms with Crippen LogP contribution in [0.1, 0.15) is 25.0 Å². The molecular weight excluding hydrogens is 573 g/mol. The first-order chi connectivity index (χ1) is 18.0. The fourth-order valence-corrected chi connectivity index (χ4v) is 5.45. The minimum Gasteiger partial charge on any atom is -0.352 e. The summed E-state index contributed by atoms with van der Waals surface area (Å²) in [5.41, 5.74) is 1.73. The van der Waals surface area contributed by atoms with Crippen LogP contribution >= 0.6 is 15.9 Å². The molecule has 0 aliphatic carbocycles. The average Bonchev–Trinajstić information content (AvgIpc) is 2.85. The summed E-state index contributed by atoms with van der Waals surface area (Å²) in [6.07, 6.45) is 1.23. The van der Waals surface area contributed by atoms with Gasteiger partial charge < -0.3 is 10.2 Å². The summed E-state index contributed by atoms with van der Waals surface area (Å²) in [6, 6.07) is 20.5. The van der Waals surface area contributed by atoms with Crippen LogP contribution in [0.4, 0.5) is 10.1 Å². The molecule has 0 fully saturated rings. The van der Waals surface area contributed by atoms with Crippen LogP contribution in [0, 0.1) is 5.82 Å². The van der Waals surface area contributed by atoms with Crippen LogP contribution in [0.2, 0.25) is 0 Å². The summed E-state index contributed by atoms with van der Waals surface area (Å²) < 4.78 is 40.7. The zero-order valence-electron chi connectivity index (χ0n) is 21.5. The van der Waals surface area contributed by atoms with E-state index < -0.39 is 34.3 Å². The zero-order chi connectivity index (χ0) is 27.9. The normalized spacial score (nSPS) is 12.2. The Morgan fingerprint density at radius 1 is 0.921 bits per heavy atom. The van der Waals surface area contributed by atoms with Gasteiger partial charge in [-0.3, -0.25) is 13.9 Å². The smallest absolute Gasteiger partial charge is 0.244 e. The number of nitrogens with zero attached hydrogens (tertiary/aromatic N) is 2. The highest BCUT2D eigenvalue weighted by Crippen LogP contribution is 2.28. The van der Waals surface area contributed by atoms with E-state index in [1.165, 1.54) is 29.2 Å². The predicted octanol–water partition coefficient (Wildman–Crippen LogP) is 4.52. The number of sulfonamides is 1. The number of anilines is 1. The Bertz CT molecular complexity index is 1350. The third-order valence-corrected chi connectivity index (χ3v) is 7.57. The molecule has 0 radical (unpaired) electrons. The van der Waals surface area contributed by atoms with Gasteiger partial charge >= 0.3 is 0 Å². The SMILES string of the molecule is CC(C)NC(=O)[C@@H](Cc1ccccc1)N(Cc1ccc(F)cc1)C(=O)CN(c1ccccc1Br)S(C)(=O)=O. The van der Waals surface area contributed by atoms with E-state index in [0.717, 1.165) is 16.1 Å². The van der Waals surface area contributed by atoms with Gasteiger partial charge in [0.25, 0.3) is 0 Å². The number of nitrogens with one attached hydrogen (secondary N) is 1. The Labute approximate surface area is 231 Å². The van der Waals surface area contributed by atoms with Gasteiger partial charge in [-0.25, -0.2) is 12.8 Å². The second-order valence-electron chi connectivity index (χ2n) is 9.24. The van der Waals surface area contributed by atoms with Crippen LogP contribution in [0.15, 0.2) is 83.3 Å². The van der Waals surface area contributed by atoms with Gasteiger partial charge in [0.05, 0.1) is 11.9 Å². The minimum atomic E-state index is -3.87. The number of rotatable bonds is 11. The molecule has 0 spiro atoms. The molecule has 3 aromatic rings. The van der Waals surface area contributed by atoms with Crippen molar-refractivity contribution in [3.05, 3.63) is 100 Å². The molecular formula is C28H31BrFN3O4S. The molecule has 0 aliphatic rings. The average molecular weight is 605 g/mol. The maximum Gasteiger partial charge on any atom is 0.244 e. The first-order valence-electron chi connectivity index (χ1n) is 12.1. The Morgan fingerprint density at radius 2 is 1.53 bits per heavy atom. The van der Waals surface area contributed by atoms with E-state index in [1.54, 1.807) is 24.3 Å². The molecule has 202 valence electrons. The van der Waals surface area contributed by atoms with Crippen molar-refractivity contribution in [2.45, 2.75) is 38.9 Å². The summed E-state index contributed by atoms with van der Waals surface area (Å²) in [4.78, 5) is 28.7. The second-order valence-corrected chi connectivity index (χ2v) is 12.0. The third-order valence-electron chi connectivity index (χ3n) is 5.77. The summed E-state index contributed by atoms with van der Waals surface area (Å²) in [5, 5.41) is 2.89. The lowest BCUT2D eigenvalue weighted by Crippen LogP contribution is -2.54. The second kappa shape index (κ2) is 13.0. The molecule has 1 N–H and O–H groups in total. The number of carbonyl (C=O) groups is 2. The van der Waals surface area contributed by atoms with Gasteiger partial charge in [0.1, 0.15) is 18.4 Å². The van der Waals surface area contributed by atoms with Crippen molar-refractivity contribution in [3.8, 4) is 0 Å². The zero-order valence-corrected chi connectivity index (χ0v) is 23.9. The predicted molar refractivity (Wildman–Crippen MR) is 150 cm³/mol. The fourth-order valence-electron chi connectivity index (χ4n) is 3.97. The number of hydrogen-bond donors (Lipinski definition) is 1. The molecule has 0 heterocycles. The first-order valence-corrected chi connectivity index (χ1v) is 14.7. The van der Waals surface area contributed by atoms with Gasteiger partial charge in [-0.1, -0.05) is 54.6 Å². The Morgan fingerprint density at radius 3 is 2.11 bits per heavy atom. The quantitative estimate of drug-likeness (QED) is 0.349. The molecule has 0 aliphatic heterocycles. The molecule has 0 bridgehead atoms. The lowest BCUT2D eigenvalue weighted by atomic mass is 10.0. The first kappa shape index (κ1) is 29.3. The number of carbonyl (C=O) groups excluding carboxylic acids is 2. The molecule has 1 atom stereocenters. The number of para-hydroxylation sites is 1. The van der Waals surface area contributed by atoms with E-state index in [1.807, 2.05) is 44.2 Å². The van der Waals surface area contributed by atoms with Gasteiger partial charge in [-0.2, -0.15) is 0 Å². The van der Waals surface area contributed by atoms with Crippen LogP contribution in [-0.4, -0.2) is 50.0 Å². The Kier molecular flexibility index (Phi) is 10.0. The lowest BCUT2D eigenvalue weighted by molar-refractivity contribution is -0.140. The van der Waals surface area contributed by atoms with Gasteiger partial charge in [0.15, 0.2) is 0 Å². The van der Waals surface area contributed by atoms with Crippen LogP contribution in [0.25, 0.3) is 0 Å². The van der Waals surface area contributed by atoms with Crippen LogP contribution in [0.3, 0.4) is 0 Å². The van der Waals surface area contributed by atoms with E-state index in [0.29, 0.717) is 15.7 Å². The van der Waals surface area contributed by atoms with E-state index in [-0.39, 0.29) is 24.9 Å². The molecule has 3 aromatic carbocycles. The molecule has 10 heteroatoms. The Hall–Kier alpha value is -3.24. The van der Waals surface area contributed by atoms with Crippen molar-refractivity contribution >= 4 is 43.5 Å². The number of hydrogen-bond acceptors (Lipinski definition) is 4. The summed E-state index contributed by atoms with van der Waals surface area (Å²) >= 11 is 3.37. The standard InChI is InChI=1S/C28H31BrFN3O4S/c1-20(2)31-28(35)26(17-21-9-5-4-6-10-21)32(18-22-13-15-23(30)16-14-22)27(34)19-33(38(3,36)37)25-12-8-7-11-24(25)29/h4-16,20,26H,17-19H2,1-3H3,(H,31,35)/t26-/m1/s1. The lowest BCUT2D eigenvalue weighted by Gasteiger charge is -2.34. The molecule has 0 saturated carbocycles. The van der Waals surface area contributed by atoms with Crippen LogP contribution in [-0.2, 0) is 32.6 Å². The molecule has 38 heavy (non-hydrogen) atoms. The van der Waals surface area contributed by atoms with E-state index in [9.17, 15) is 22.4 Å². The van der Waals surface area contributed by atoms with Crippen molar-refractivity contribution in [3.63, 3.8) is 0 Å². The maximum atomic E-state index is 13.9. The third kappa shape index (κ3) is 8.13. The Balaban J connectivity index is 2.06. The van der Waals surface area contributed by atoms with Gasteiger partial charge in [0, 0.05) is 23.5 Å². The summed E-state index contributed by atoms with van der Waals surface area (Å²) in [5.74, 6) is -1.37. The molecule has 0 aromatic heterocycles. The van der Waals surface area contributed by atoms with Crippen LogP contribution < -0.4 is 9.62 Å². The van der Waals surface area contributed by atoms with E-state index >= 15 is 0 Å². The van der Waals surface area contributed by atoms with Crippen molar-refractivity contribution in [2.24, 2.45) is 0 Å². The number of halogens is 2. The molecule has 2 amide bonds. The van der Waals surface area contributed by atoms with Gasteiger partial charge in [-0.05, 0) is 65.2 Å². The monoisotopic (exact) mass is 603 g/mol. The van der Waals surface area contributed by atoms with Gasteiger partial charge in [-0.15, -0.1) is 0 Å². The van der Waals surface area contributed by atoms with E-state index in [2.05, 4.69) is 21.2 Å². The molecule has 7 nitrogen and oxygen atoms in total. The highest BCUT2D eigenvalue weighted by molar-refractivity contribution is 9.10. The van der Waals surface area contributed by atoms with Crippen molar-refractivity contribution in [1.29, 1.82) is 0 Å². The maximum absolute atomic E-state index is 13.9. The summed E-state index contributed by atoms with van der Waals surface area (Å²) in [7, 11) is -3.87. The molecule has 0 saturated heterocycles. The van der Waals surface area contributed by atoms with Crippen molar-refractivity contribution in [2.75, 3.05) is 17.1 Å².